The van der Waals surface area contributed by atoms with E-state index in [0.717, 1.165) is 38.5 Å². The molecule has 0 aromatic carbocycles. The first-order valence-electron chi connectivity index (χ1n) is 11.1. The van der Waals surface area contributed by atoms with E-state index in [2.05, 4.69) is 26.5 Å². The van der Waals surface area contributed by atoms with Crippen molar-refractivity contribution in [2.75, 3.05) is 0 Å². The molecule has 28 heavy (non-hydrogen) atoms. The first-order chi connectivity index (χ1) is 13.4. The Morgan fingerprint density at radius 1 is 1.25 bits per heavy atom. The maximum absolute atomic E-state index is 12.3. The van der Waals surface area contributed by atoms with Crippen LogP contribution < -0.4 is 0 Å². The number of hydrogen-bond donors (Lipinski definition) is 0. The second-order valence-corrected chi connectivity index (χ2v) is 9.88. The molecule has 3 nitrogen and oxygen atoms in total. The van der Waals surface area contributed by atoms with Gasteiger partial charge in [0.05, 0.1) is 0 Å². The van der Waals surface area contributed by atoms with Crippen molar-refractivity contribution >= 4 is 11.8 Å². The number of carbonyl (C=O) groups excluding carboxylic acids is 2. The van der Waals surface area contributed by atoms with Crippen LogP contribution in [0.4, 0.5) is 0 Å². The van der Waals surface area contributed by atoms with Gasteiger partial charge >= 0.3 is 5.97 Å². The Morgan fingerprint density at radius 2 is 2.07 bits per heavy atom. The minimum Gasteiger partial charge on any atom is -0.462 e. The second kappa shape index (κ2) is 7.31. The molecule has 0 amide bonds. The largest absolute Gasteiger partial charge is 0.462 e. The van der Waals surface area contributed by atoms with Crippen molar-refractivity contribution in [1.82, 2.24) is 0 Å². The first-order valence-corrected chi connectivity index (χ1v) is 11.1. The van der Waals surface area contributed by atoms with Gasteiger partial charge in [-0.2, -0.15) is 0 Å². The van der Waals surface area contributed by atoms with Gasteiger partial charge in [-0.15, -0.1) is 6.58 Å². The molecule has 4 rings (SSSR count). The number of fused-ring (bicyclic) bond motifs is 5. The van der Waals surface area contributed by atoms with E-state index in [1.165, 1.54) is 18.4 Å². The van der Waals surface area contributed by atoms with Gasteiger partial charge in [-0.05, 0) is 81.3 Å². The quantitative estimate of drug-likeness (QED) is 0.355. The molecule has 0 aromatic rings. The summed E-state index contributed by atoms with van der Waals surface area (Å²) >= 11 is 0. The fourth-order valence-corrected chi connectivity index (χ4v) is 6.95. The third kappa shape index (κ3) is 3.11. The lowest BCUT2D eigenvalue weighted by atomic mass is 9.48. The van der Waals surface area contributed by atoms with Crippen LogP contribution in [0.1, 0.15) is 71.6 Å². The molecule has 4 aliphatic carbocycles. The fraction of sp³-hybridized carbons (Fsp3) is 0.680. The summed E-state index contributed by atoms with van der Waals surface area (Å²) in [5.74, 6) is 2.02. The Balaban J connectivity index is 1.49. The molecule has 0 spiro atoms. The normalized spacial score (nSPS) is 41.5. The standard InChI is InChI=1S/C25H34O3/c1-4-5-6-7-23(27)28-22-11-10-20-19-9-8-17-16-18(26)12-14-24(17,2)21(19)13-15-25(20,22)3/h4,12,14,16,19-22H,1,5-11,13,15H2,2-3H3. The Morgan fingerprint density at radius 3 is 2.86 bits per heavy atom. The van der Waals surface area contributed by atoms with Gasteiger partial charge in [0.1, 0.15) is 6.10 Å². The monoisotopic (exact) mass is 382 g/mol. The van der Waals surface area contributed by atoms with Crippen molar-refractivity contribution in [1.29, 1.82) is 0 Å². The highest BCUT2D eigenvalue weighted by Crippen LogP contribution is 2.64. The molecule has 0 radical (unpaired) electrons. The van der Waals surface area contributed by atoms with Gasteiger partial charge in [-0.3, -0.25) is 9.59 Å². The molecule has 0 N–H and O–H groups in total. The first kappa shape index (κ1) is 19.7. The van der Waals surface area contributed by atoms with Gasteiger partial charge in [0.2, 0.25) is 0 Å². The third-order valence-electron chi connectivity index (χ3n) is 8.53. The summed E-state index contributed by atoms with van der Waals surface area (Å²) in [5, 5.41) is 0. The number of esters is 1. The number of unbranched alkanes of at least 4 members (excludes halogenated alkanes) is 1. The van der Waals surface area contributed by atoms with Crippen molar-refractivity contribution in [2.24, 2.45) is 28.6 Å². The van der Waals surface area contributed by atoms with Crippen LogP contribution in [0.3, 0.4) is 0 Å². The predicted octanol–water partition coefficient (Wildman–Crippen LogP) is 5.56. The molecule has 0 bridgehead atoms. The van der Waals surface area contributed by atoms with Crippen LogP contribution in [0.5, 0.6) is 0 Å². The molecule has 6 atom stereocenters. The van der Waals surface area contributed by atoms with E-state index in [4.69, 9.17) is 4.74 Å². The van der Waals surface area contributed by atoms with Crippen LogP contribution in [0.25, 0.3) is 0 Å². The maximum Gasteiger partial charge on any atom is 0.306 e. The molecule has 3 heteroatoms. The van der Waals surface area contributed by atoms with E-state index in [-0.39, 0.29) is 28.7 Å². The van der Waals surface area contributed by atoms with Crippen molar-refractivity contribution in [3.8, 4) is 0 Å². The third-order valence-corrected chi connectivity index (χ3v) is 8.53. The second-order valence-electron chi connectivity index (χ2n) is 9.88. The van der Waals surface area contributed by atoms with E-state index in [9.17, 15) is 9.59 Å². The van der Waals surface area contributed by atoms with Crippen LogP contribution in [-0.2, 0) is 14.3 Å². The van der Waals surface area contributed by atoms with E-state index >= 15 is 0 Å². The topological polar surface area (TPSA) is 43.4 Å². The maximum atomic E-state index is 12.3. The van der Waals surface area contributed by atoms with Crippen LogP contribution in [0, 0.1) is 28.6 Å². The van der Waals surface area contributed by atoms with Gasteiger partial charge in [0.25, 0.3) is 0 Å². The smallest absolute Gasteiger partial charge is 0.306 e. The van der Waals surface area contributed by atoms with Crippen molar-refractivity contribution in [3.05, 3.63) is 36.5 Å². The molecule has 3 fully saturated rings. The van der Waals surface area contributed by atoms with Crippen molar-refractivity contribution in [3.63, 3.8) is 0 Å². The minimum absolute atomic E-state index is 0.0367. The zero-order valence-electron chi connectivity index (χ0n) is 17.4. The molecule has 3 saturated carbocycles. The Kier molecular flexibility index (Phi) is 5.14. The van der Waals surface area contributed by atoms with Crippen LogP contribution >= 0.6 is 0 Å². The van der Waals surface area contributed by atoms with Crippen LogP contribution in [0.2, 0.25) is 0 Å². The van der Waals surface area contributed by atoms with E-state index in [0.29, 0.717) is 24.2 Å². The van der Waals surface area contributed by atoms with Crippen LogP contribution in [-0.4, -0.2) is 17.9 Å². The number of carbonyl (C=O) groups is 2. The van der Waals surface area contributed by atoms with Gasteiger partial charge in [-0.1, -0.05) is 31.6 Å². The number of hydrogen-bond acceptors (Lipinski definition) is 3. The summed E-state index contributed by atoms with van der Waals surface area (Å²) in [7, 11) is 0. The lowest BCUT2D eigenvalue weighted by Crippen LogP contribution is -2.51. The zero-order valence-corrected chi connectivity index (χ0v) is 17.4. The summed E-state index contributed by atoms with van der Waals surface area (Å²) in [6.07, 6.45) is 16.7. The van der Waals surface area contributed by atoms with Gasteiger partial charge in [0.15, 0.2) is 5.78 Å². The average Bonchev–Trinajstić information content (AvgIpc) is 2.99. The highest BCUT2D eigenvalue weighted by atomic mass is 16.5. The molecule has 152 valence electrons. The number of ether oxygens (including phenoxy) is 1. The van der Waals surface area contributed by atoms with Gasteiger partial charge in [0, 0.05) is 17.3 Å². The van der Waals surface area contributed by atoms with Gasteiger partial charge < -0.3 is 4.74 Å². The molecule has 0 saturated heterocycles. The highest BCUT2D eigenvalue weighted by molar-refractivity contribution is 6.01. The summed E-state index contributed by atoms with van der Waals surface area (Å²) in [6, 6.07) is 0. The summed E-state index contributed by atoms with van der Waals surface area (Å²) in [4.78, 5) is 24.2. The number of rotatable bonds is 5. The van der Waals surface area contributed by atoms with E-state index in [1.807, 2.05) is 12.2 Å². The van der Waals surface area contributed by atoms with Gasteiger partial charge in [-0.25, -0.2) is 0 Å². The molecule has 0 heterocycles. The molecule has 0 aromatic heterocycles. The van der Waals surface area contributed by atoms with E-state index in [1.54, 1.807) is 6.08 Å². The lowest BCUT2D eigenvalue weighted by molar-refractivity contribution is -0.159. The van der Waals surface area contributed by atoms with Crippen molar-refractivity contribution < 1.29 is 14.3 Å². The fourth-order valence-electron chi connectivity index (χ4n) is 6.95. The minimum atomic E-state index is -0.0367. The predicted molar refractivity (Wildman–Crippen MR) is 111 cm³/mol. The highest BCUT2D eigenvalue weighted by Gasteiger charge is 2.59. The molecular weight excluding hydrogens is 348 g/mol. The summed E-state index contributed by atoms with van der Waals surface area (Å²) < 4.78 is 6.01. The Hall–Kier alpha value is -1.64. The SMILES string of the molecule is C=CCCCC(=O)OC1CCC2C3CCC4=CC(=O)C=CC4(C)C3CCC12C. The van der Waals surface area contributed by atoms with Crippen LogP contribution in [0.15, 0.2) is 36.5 Å². The Labute approximate surface area is 169 Å². The average molecular weight is 383 g/mol. The molecular formula is C25H34O3. The van der Waals surface area contributed by atoms with E-state index < -0.39 is 0 Å². The molecule has 4 aliphatic rings. The molecule has 6 unspecified atom stereocenters. The summed E-state index contributed by atoms with van der Waals surface area (Å²) in [5.41, 5.74) is 1.49. The molecule has 0 aliphatic heterocycles. The lowest BCUT2D eigenvalue weighted by Gasteiger charge is -2.56. The number of allylic oxidation sites excluding steroid dienone is 5. The van der Waals surface area contributed by atoms with Crippen molar-refractivity contribution in [2.45, 2.75) is 77.7 Å². The zero-order chi connectivity index (χ0) is 19.9. The summed E-state index contributed by atoms with van der Waals surface area (Å²) in [6.45, 7) is 8.44. The number of ketones is 1. The Bertz CT molecular complexity index is 732.